The van der Waals surface area contributed by atoms with Crippen LogP contribution in [-0.2, 0) is 0 Å². The lowest BCUT2D eigenvalue weighted by molar-refractivity contribution is 1.09. The van der Waals surface area contributed by atoms with Crippen LogP contribution in [0.4, 0.5) is 11.4 Å². The molecule has 1 heterocycles. The van der Waals surface area contributed by atoms with E-state index < -0.39 is 0 Å². The van der Waals surface area contributed by atoms with Crippen molar-refractivity contribution in [1.82, 2.24) is 10.2 Å². The second-order valence-electron chi connectivity index (χ2n) is 2.63. The van der Waals surface area contributed by atoms with E-state index in [2.05, 4.69) is 20.4 Å². The normalized spacial score (nSPS) is 10.9. The lowest BCUT2D eigenvalue weighted by Gasteiger charge is -1.90. The molecule has 14 heavy (non-hydrogen) atoms. The highest BCUT2D eigenvalue weighted by atomic mass is 35.5. The summed E-state index contributed by atoms with van der Waals surface area (Å²) in [5, 5.41) is 15.0. The summed E-state index contributed by atoms with van der Waals surface area (Å²) in [4.78, 5) is 0. The Bertz CT molecular complexity index is 419. The quantitative estimate of drug-likeness (QED) is 0.752. The van der Waals surface area contributed by atoms with E-state index in [-0.39, 0.29) is 0 Å². The molecular weight excluding hydrogens is 200 g/mol. The van der Waals surface area contributed by atoms with Gasteiger partial charge in [-0.3, -0.25) is 5.10 Å². The topological polar surface area (TPSA) is 53.4 Å². The first-order chi connectivity index (χ1) is 6.84. The minimum Gasteiger partial charge on any atom is -0.283 e. The van der Waals surface area contributed by atoms with Gasteiger partial charge in [-0.1, -0.05) is 11.6 Å². The number of aromatic nitrogens is 2. The van der Waals surface area contributed by atoms with E-state index >= 15 is 0 Å². The number of hydrogen-bond donors (Lipinski definition) is 1. The highest BCUT2D eigenvalue weighted by Crippen LogP contribution is 2.18. The third-order valence-corrected chi connectivity index (χ3v) is 1.84. The van der Waals surface area contributed by atoms with E-state index in [0.717, 1.165) is 5.69 Å². The first kappa shape index (κ1) is 8.90. The number of rotatable bonds is 2. The van der Waals surface area contributed by atoms with Gasteiger partial charge in [0.2, 0.25) is 0 Å². The lowest BCUT2D eigenvalue weighted by atomic mass is 10.3. The van der Waals surface area contributed by atoms with Crippen LogP contribution < -0.4 is 0 Å². The molecule has 1 N–H and O–H groups in total. The molecule has 0 radical (unpaired) electrons. The van der Waals surface area contributed by atoms with Crippen LogP contribution >= 0.6 is 11.6 Å². The van der Waals surface area contributed by atoms with Crippen molar-refractivity contribution in [2.75, 3.05) is 0 Å². The average Bonchev–Trinajstić information content (AvgIpc) is 2.70. The zero-order valence-electron chi connectivity index (χ0n) is 7.18. The molecule has 70 valence electrons. The van der Waals surface area contributed by atoms with Gasteiger partial charge < -0.3 is 0 Å². The van der Waals surface area contributed by atoms with Gasteiger partial charge in [-0.05, 0) is 24.3 Å². The van der Waals surface area contributed by atoms with E-state index in [0.29, 0.717) is 10.7 Å². The minimum absolute atomic E-state index is 0.687. The van der Waals surface area contributed by atoms with Crippen molar-refractivity contribution in [3.63, 3.8) is 0 Å². The van der Waals surface area contributed by atoms with Gasteiger partial charge in [-0.15, -0.1) is 5.11 Å². The van der Waals surface area contributed by atoms with E-state index in [1.54, 1.807) is 36.7 Å². The van der Waals surface area contributed by atoms with Gasteiger partial charge in [0, 0.05) is 11.2 Å². The Kier molecular flexibility index (Phi) is 2.55. The number of nitrogens with zero attached hydrogens (tertiary/aromatic N) is 3. The summed E-state index contributed by atoms with van der Waals surface area (Å²) < 4.78 is 0. The SMILES string of the molecule is Clc1ccc(N=Nc2cn[nH]c2)cc1. The molecule has 0 aliphatic heterocycles. The standard InChI is InChI=1S/C9H7ClN4/c10-7-1-3-8(4-2-7)13-14-9-5-11-12-6-9/h1-6H,(H,11,12). The Labute approximate surface area is 85.6 Å². The number of aromatic amines is 1. The summed E-state index contributed by atoms with van der Waals surface area (Å²) in [6, 6.07) is 7.13. The van der Waals surface area contributed by atoms with E-state index in [9.17, 15) is 0 Å². The molecule has 0 unspecified atom stereocenters. The predicted molar refractivity (Wildman–Crippen MR) is 54.2 cm³/mol. The molecule has 0 saturated carbocycles. The molecule has 2 rings (SSSR count). The maximum atomic E-state index is 5.72. The molecule has 0 bridgehead atoms. The Hall–Kier alpha value is -1.68. The third kappa shape index (κ3) is 2.17. The van der Waals surface area contributed by atoms with Crippen LogP contribution in [0.15, 0.2) is 46.9 Å². The number of halogens is 1. The van der Waals surface area contributed by atoms with Crippen molar-refractivity contribution < 1.29 is 0 Å². The highest BCUT2D eigenvalue weighted by Gasteiger charge is 1.91. The van der Waals surface area contributed by atoms with Gasteiger partial charge >= 0.3 is 0 Å². The summed E-state index contributed by atoms with van der Waals surface area (Å²) in [5.74, 6) is 0. The summed E-state index contributed by atoms with van der Waals surface area (Å²) in [5.41, 5.74) is 1.45. The van der Waals surface area contributed by atoms with Crippen LogP contribution in [0, 0.1) is 0 Å². The molecule has 0 amide bonds. The Morgan fingerprint density at radius 2 is 1.79 bits per heavy atom. The largest absolute Gasteiger partial charge is 0.283 e. The fourth-order valence-electron chi connectivity index (χ4n) is 0.922. The van der Waals surface area contributed by atoms with Crippen LogP contribution in [0.3, 0.4) is 0 Å². The van der Waals surface area contributed by atoms with Gasteiger partial charge in [0.05, 0.1) is 11.9 Å². The molecule has 0 atom stereocenters. The van der Waals surface area contributed by atoms with Crippen molar-refractivity contribution in [2.45, 2.75) is 0 Å². The summed E-state index contributed by atoms with van der Waals surface area (Å²) in [6.45, 7) is 0. The Balaban J connectivity index is 2.15. The molecule has 0 fully saturated rings. The van der Waals surface area contributed by atoms with E-state index in [1.165, 1.54) is 0 Å². The smallest absolute Gasteiger partial charge is 0.123 e. The molecule has 0 saturated heterocycles. The predicted octanol–water partition coefficient (Wildman–Crippen LogP) is 3.48. The number of hydrogen-bond acceptors (Lipinski definition) is 3. The van der Waals surface area contributed by atoms with Crippen LogP contribution in [0.25, 0.3) is 0 Å². The van der Waals surface area contributed by atoms with Crippen molar-refractivity contribution in [2.24, 2.45) is 10.2 Å². The Morgan fingerprint density at radius 3 is 2.43 bits per heavy atom. The van der Waals surface area contributed by atoms with Crippen molar-refractivity contribution >= 4 is 23.0 Å². The maximum Gasteiger partial charge on any atom is 0.123 e. The fourth-order valence-corrected chi connectivity index (χ4v) is 1.05. The van der Waals surface area contributed by atoms with E-state index in [4.69, 9.17) is 11.6 Å². The first-order valence-electron chi connectivity index (χ1n) is 4.01. The first-order valence-corrected chi connectivity index (χ1v) is 4.38. The van der Waals surface area contributed by atoms with Crippen LogP contribution in [-0.4, -0.2) is 10.2 Å². The number of H-pyrrole nitrogens is 1. The minimum atomic E-state index is 0.687. The Morgan fingerprint density at radius 1 is 1.07 bits per heavy atom. The molecule has 1 aromatic carbocycles. The molecule has 5 heteroatoms. The molecule has 1 aromatic heterocycles. The summed E-state index contributed by atoms with van der Waals surface area (Å²) >= 11 is 5.72. The second-order valence-corrected chi connectivity index (χ2v) is 3.07. The van der Waals surface area contributed by atoms with Crippen molar-refractivity contribution in [3.05, 3.63) is 41.7 Å². The van der Waals surface area contributed by atoms with Gasteiger partial charge in [-0.25, -0.2) is 0 Å². The maximum absolute atomic E-state index is 5.72. The van der Waals surface area contributed by atoms with Gasteiger partial charge in [0.25, 0.3) is 0 Å². The number of benzene rings is 1. The summed E-state index contributed by atoms with van der Waals surface area (Å²) in [6.07, 6.45) is 3.26. The van der Waals surface area contributed by atoms with Crippen molar-refractivity contribution in [1.29, 1.82) is 0 Å². The zero-order chi connectivity index (χ0) is 9.80. The second kappa shape index (κ2) is 4.02. The van der Waals surface area contributed by atoms with Crippen LogP contribution in [0.1, 0.15) is 0 Å². The van der Waals surface area contributed by atoms with E-state index in [1.807, 2.05) is 0 Å². The monoisotopic (exact) mass is 206 g/mol. The molecule has 2 aromatic rings. The highest BCUT2D eigenvalue weighted by molar-refractivity contribution is 6.30. The molecule has 0 aliphatic rings. The van der Waals surface area contributed by atoms with Gasteiger partial charge in [-0.2, -0.15) is 10.2 Å². The lowest BCUT2D eigenvalue weighted by Crippen LogP contribution is -1.63. The molecule has 0 aliphatic carbocycles. The average molecular weight is 207 g/mol. The fraction of sp³-hybridized carbons (Fsp3) is 0. The third-order valence-electron chi connectivity index (χ3n) is 1.59. The molecule has 4 nitrogen and oxygen atoms in total. The van der Waals surface area contributed by atoms with Gasteiger partial charge in [0.15, 0.2) is 0 Å². The number of azo groups is 1. The number of nitrogens with one attached hydrogen (secondary N) is 1. The van der Waals surface area contributed by atoms with Crippen LogP contribution in [0.5, 0.6) is 0 Å². The van der Waals surface area contributed by atoms with Crippen molar-refractivity contribution in [3.8, 4) is 0 Å². The molecule has 0 spiro atoms. The molecular formula is C9H7ClN4. The zero-order valence-corrected chi connectivity index (χ0v) is 7.94. The summed E-state index contributed by atoms with van der Waals surface area (Å²) in [7, 11) is 0. The van der Waals surface area contributed by atoms with Crippen LogP contribution in [0.2, 0.25) is 5.02 Å². The van der Waals surface area contributed by atoms with Gasteiger partial charge in [0.1, 0.15) is 5.69 Å².